The van der Waals surface area contributed by atoms with Crippen LogP contribution in [0.3, 0.4) is 0 Å². The molecule has 2 aliphatic heterocycles. The highest BCUT2D eigenvalue weighted by Crippen LogP contribution is 2.35. The van der Waals surface area contributed by atoms with Gasteiger partial charge in [-0.1, -0.05) is 6.07 Å². The zero-order chi connectivity index (χ0) is 35.2. The molecule has 4 aromatic heterocycles. The molecule has 0 aromatic carbocycles. The number of nitrogens with zero attached hydrogens (tertiary/aromatic N) is 7. The fraction of sp³-hybridized carbons (Fsp3) is 0.457. The zero-order valence-corrected chi connectivity index (χ0v) is 28.6. The summed E-state index contributed by atoms with van der Waals surface area (Å²) in [4.78, 5) is 51.7. The minimum absolute atomic E-state index is 0.182. The predicted octanol–water partition coefficient (Wildman–Crippen LogP) is 4.91. The number of rotatable bonds is 7. The van der Waals surface area contributed by atoms with Gasteiger partial charge in [0, 0.05) is 57.1 Å². The first-order valence-corrected chi connectivity index (χ1v) is 16.4. The minimum Gasteiger partial charge on any atom is -0.480 e. The maximum Gasteiger partial charge on any atom is 0.408 e. The van der Waals surface area contributed by atoms with E-state index in [2.05, 4.69) is 10.3 Å². The summed E-state index contributed by atoms with van der Waals surface area (Å²) in [6, 6.07) is 11.6. The largest absolute Gasteiger partial charge is 0.480 e. The SMILES string of the molecule is CC(C)(C)OC(=O)NC1(C(=O)O)CCN(c2cccc(-c3nn(C4CCCCO4)c4cnc(-c5cccnc5)cc34)n2)CC1.CN(C)C=O. The van der Waals surface area contributed by atoms with Crippen molar-refractivity contribution in [2.45, 2.75) is 70.2 Å². The number of alkyl carbamates (subject to hydrolysis) is 1. The van der Waals surface area contributed by atoms with E-state index in [1.165, 1.54) is 4.90 Å². The van der Waals surface area contributed by atoms with Crippen molar-refractivity contribution >= 4 is 35.2 Å². The topological polar surface area (TPSA) is 165 Å². The highest BCUT2D eigenvalue weighted by molar-refractivity contribution is 5.94. The van der Waals surface area contributed by atoms with Gasteiger partial charge in [0.15, 0.2) is 6.23 Å². The molecule has 0 saturated carbocycles. The van der Waals surface area contributed by atoms with Gasteiger partial charge in [0.25, 0.3) is 0 Å². The van der Waals surface area contributed by atoms with Crippen LogP contribution in [-0.2, 0) is 19.1 Å². The molecule has 2 saturated heterocycles. The van der Waals surface area contributed by atoms with Crippen LogP contribution in [0.5, 0.6) is 0 Å². The van der Waals surface area contributed by atoms with Crippen molar-refractivity contribution in [2.75, 3.05) is 38.7 Å². The van der Waals surface area contributed by atoms with Gasteiger partial charge in [-0.3, -0.25) is 14.8 Å². The van der Waals surface area contributed by atoms with Crippen LogP contribution >= 0.6 is 0 Å². The van der Waals surface area contributed by atoms with Crippen LogP contribution in [0.2, 0.25) is 0 Å². The Morgan fingerprint density at radius 2 is 1.86 bits per heavy atom. The van der Waals surface area contributed by atoms with Crippen LogP contribution in [0.4, 0.5) is 10.6 Å². The predicted molar refractivity (Wildman–Crippen MR) is 184 cm³/mol. The van der Waals surface area contributed by atoms with Gasteiger partial charge >= 0.3 is 12.1 Å². The lowest BCUT2D eigenvalue weighted by Crippen LogP contribution is -2.60. The Bertz CT molecular complexity index is 1760. The molecule has 6 rings (SSSR count). The van der Waals surface area contributed by atoms with E-state index in [1.54, 1.807) is 47.3 Å². The van der Waals surface area contributed by atoms with Gasteiger partial charge in [0.05, 0.1) is 23.1 Å². The van der Waals surface area contributed by atoms with Gasteiger partial charge in [-0.25, -0.2) is 19.3 Å². The number of amides is 2. The van der Waals surface area contributed by atoms with Crippen molar-refractivity contribution < 1.29 is 29.0 Å². The van der Waals surface area contributed by atoms with E-state index < -0.39 is 23.2 Å². The van der Waals surface area contributed by atoms with Crippen molar-refractivity contribution in [3.8, 4) is 22.6 Å². The number of piperidine rings is 1. The molecule has 0 radical (unpaired) electrons. The Morgan fingerprint density at radius 3 is 2.47 bits per heavy atom. The Kier molecular flexibility index (Phi) is 10.8. The number of nitrogens with one attached hydrogen (secondary N) is 1. The second-order valence-electron chi connectivity index (χ2n) is 13.4. The molecule has 2 fully saturated rings. The van der Waals surface area contributed by atoms with Crippen LogP contribution in [0.25, 0.3) is 33.5 Å². The lowest BCUT2D eigenvalue weighted by Gasteiger charge is -2.40. The number of carboxylic acid groups (broad SMARTS) is 1. The number of hydrogen-bond acceptors (Lipinski definition) is 10. The smallest absolute Gasteiger partial charge is 0.408 e. The molecule has 1 unspecified atom stereocenters. The number of aliphatic carboxylic acids is 1. The molecule has 1 atom stereocenters. The van der Waals surface area contributed by atoms with E-state index in [1.807, 2.05) is 52.2 Å². The van der Waals surface area contributed by atoms with Crippen molar-refractivity contribution in [3.63, 3.8) is 0 Å². The molecule has 14 nitrogen and oxygen atoms in total. The summed E-state index contributed by atoms with van der Waals surface area (Å²) >= 11 is 0. The molecular weight excluding hydrogens is 628 g/mol. The van der Waals surface area contributed by atoms with Crippen molar-refractivity contribution in [2.24, 2.45) is 0 Å². The summed E-state index contributed by atoms with van der Waals surface area (Å²) in [6.45, 7) is 6.69. The summed E-state index contributed by atoms with van der Waals surface area (Å²) in [6.07, 6.45) is 8.54. The summed E-state index contributed by atoms with van der Waals surface area (Å²) in [7, 11) is 3.38. The number of carbonyl (C=O) groups is 3. The second-order valence-corrected chi connectivity index (χ2v) is 13.4. The third-order valence-corrected chi connectivity index (χ3v) is 8.26. The fourth-order valence-electron chi connectivity index (χ4n) is 5.77. The van der Waals surface area contributed by atoms with Gasteiger partial charge in [-0.2, -0.15) is 5.10 Å². The maximum absolute atomic E-state index is 12.5. The summed E-state index contributed by atoms with van der Waals surface area (Å²) < 4.78 is 13.4. The molecule has 2 N–H and O–H groups in total. The Hall–Kier alpha value is -5.11. The summed E-state index contributed by atoms with van der Waals surface area (Å²) in [5, 5.41) is 18.6. The van der Waals surface area contributed by atoms with Crippen LogP contribution < -0.4 is 10.2 Å². The first kappa shape index (κ1) is 35.2. The quantitative estimate of drug-likeness (QED) is 0.256. The van der Waals surface area contributed by atoms with E-state index in [-0.39, 0.29) is 19.1 Å². The first-order valence-electron chi connectivity index (χ1n) is 16.4. The van der Waals surface area contributed by atoms with E-state index in [0.717, 1.165) is 47.8 Å². The van der Waals surface area contributed by atoms with Crippen molar-refractivity contribution in [1.29, 1.82) is 0 Å². The maximum atomic E-state index is 12.5. The molecule has 2 amide bonds. The number of hydrogen-bond donors (Lipinski definition) is 2. The van der Waals surface area contributed by atoms with Gasteiger partial charge in [-0.15, -0.1) is 0 Å². The summed E-state index contributed by atoms with van der Waals surface area (Å²) in [5.74, 6) is -0.374. The van der Waals surface area contributed by atoms with Crippen LogP contribution in [0.1, 0.15) is 59.1 Å². The number of carbonyl (C=O) groups excluding carboxylic acids is 2. The molecule has 0 aliphatic carbocycles. The number of aromatic nitrogens is 5. The second kappa shape index (κ2) is 15.0. The number of carboxylic acids is 1. The molecule has 260 valence electrons. The Labute approximate surface area is 285 Å². The Balaban J connectivity index is 0.000000874. The molecule has 14 heteroatoms. The molecule has 0 bridgehead atoms. The van der Waals surface area contributed by atoms with Crippen LogP contribution in [0.15, 0.2) is 55.0 Å². The van der Waals surface area contributed by atoms with Crippen LogP contribution in [-0.4, -0.2) is 98.1 Å². The molecule has 49 heavy (non-hydrogen) atoms. The van der Waals surface area contributed by atoms with E-state index >= 15 is 0 Å². The number of ether oxygens (including phenoxy) is 2. The number of fused-ring (bicyclic) bond motifs is 1. The molecule has 4 aromatic rings. The third kappa shape index (κ3) is 8.49. The van der Waals surface area contributed by atoms with Gasteiger partial charge in [0.1, 0.15) is 22.7 Å². The zero-order valence-electron chi connectivity index (χ0n) is 28.6. The fourth-order valence-corrected chi connectivity index (χ4v) is 5.77. The van der Waals surface area contributed by atoms with Gasteiger partial charge in [-0.05, 0) is 83.2 Å². The standard InChI is InChI=1S/C32H37N7O5.C3H7NO/c1-31(2,3)44-30(42)36-32(29(40)41)12-15-38(16-13-32)26-10-6-9-23(35-26)28-22-18-24(21-8-7-14-33-19-21)34-20-25(22)39(37-28)27-11-4-5-17-43-27;1-4(2)3-5/h6-10,14,18-20,27H,4-5,11-13,15-17H2,1-3H3,(H,36,42)(H,40,41);3H,1-2H3. The van der Waals surface area contributed by atoms with E-state index in [4.69, 9.17) is 24.5 Å². The first-order chi connectivity index (χ1) is 23.4. The average molecular weight is 673 g/mol. The highest BCUT2D eigenvalue weighted by Gasteiger charge is 2.44. The van der Waals surface area contributed by atoms with Crippen molar-refractivity contribution in [3.05, 3.63) is 55.0 Å². The van der Waals surface area contributed by atoms with Crippen LogP contribution in [0, 0.1) is 0 Å². The molecule has 2 aliphatic rings. The lowest BCUT2D eigenvalue weighted by molar-refractivity contribution is -0.145. The molecule has 6 heterocycles. The molecular formula is C35H44N8O6. The van der Waals surface area contributed by atoms with Gasteiger partial charge < -0.3 is 29.7 Å². The van der Waals surface area contributed by atoms with Crippen molar-refractivity contribution in [1.82, 2.24) is 34.9 Å². The average Bonchev–Trinajstić information content (AvgIpc) is 3.48. The van der Waals surface area contributed by atoms with E-state index in [0.29, 0.717) is 36.9 Å². The van der Waals surface area contributed by atoms with E-state index in [9.17, 15) is 19.5 Å². The Morgan fingerprint density at radius 1 is 1.10 bits per heavy atom. The summed E-state index contributed by atoms with van der Waals surface area (Å²) in [5.41, 5.74) is 1.80. The number of anilines is 1. The normalized spacial score (nSPS) is 17.4. The number of pyridine rings is 3. The lowest BCUT2D eigenvalue weighted by atomic mass is 9.87. The monoisotopic (exact) mass is 672 g/mol. The third-order valence-electron chi connectivity index (χ3n) is 8.26. The highest BCUT2D eigenvalue weighted by atomic mass is 16.6. The minimum atomic E-state index is -1.42. The molecule has 0 spiro atoms. The van der Waals surface area contributed by atoms with Gasteiger partial charge in [0.2, 0.25) is 6.41 Å².